The lowest BCUT2D eigenvalue weighted by Gasteiger charge is -2.28. The fraction of sp³-hybridized carbons (Fsp3) is 0.600. The van der Waals surface area contributed by atoms with Crippen LogP contribution in [0.5, 0.6) is 5.75 Å². The van der Waals surface area contributed by atoms with E-state index in [1.807, 2.05) is 30.3 Å². The van der Waals surface area contributed by atoms with E-state index >= 15 is 0 Å². The zero-order valence-corrected chi connectivity index (χ0v) is 10.9. The molecule has 100 valence electrons. The van der Waals surface area contributed by atoms with Gasteiger partial charge >= 0.3 is 0 Å². The molecule has 1 aromatic rings. The van der Waals surface area contributed by atoms with E-state index in [0.717, 1.165) is 38.2 Å². The molecule has 1 aliphatic carbocycles. The molecular weight excluding hydrogens is 226 g/mol. The van der Waals surface area contributed by atoms with Gasteiger partial charge in [0.2, 0.25) is 0 Å². The Balaban J connectivity index is 1.61. The maximum Gasteiger partial charge on any atom is 0.119 e. The fourth-order valence-electron chi connectivity index (χ4n) is 2.58. The number of ether oxygens (including phenoxy) is 1. The summed E-state index contributed by atoms with van der Waals surface area (Å²) in [5.74, 6) is 0.926. The van der Waals surface area contributed by atoms with Gasteiger partial charge in [0.05, 0.1) is 13.2 Å². The van der Waals surface area contributed by atoms with Crippen molar-refractivity contribution in [3.8, 4) is 5.75 Å². The molecule has 1 fully saturated rings. The molecule has 1 aromatic carbocycles. The van der Waals surface area contributed by atoms with Crippen molar-refractivity contribution in [3.63, 3.8) is 0 Å². The van der Waals surface area contributed by atoms with Gasteiger partial charge < -0.3 is 15.2 Å². The number of aliphatic hydroxyl groups excluding tert-OH is 1. The van der Waals surface area contributed by atoms with Crippen LogP contribution in [-0.4, -0.2) is 30.4 Å². The summed E-state index contributed by atoms with van der Waals surface area (Å²) < 4.78 is 5.63. The summed E-state index contributed by atoms with van der Waals surface area (Å²) in [6.45, 7) is 1.89. The van der Waals surface area contributed by atoms with Gasteiger partial charge in [0.25, 0.3) is 0 Å². The van der Waals surface area contributed by atoms with Crippen LogP contribution in [-0.2, 0) is 0 Å². The average molecular weight is 249 g/mol. The third-order valence-corrected chi connectivity index (χ3v) is 3.70. The lowest BCUT2D eigenvalue weighted by molar-refractivity contribution is 0.161. The molecular formula is C15H23NO2. The first-order chi connectivity index (χ1) is 8.85. The number of hydrogen-bond donors (Lipinski definition) is 2. The van der Waals surface area contributed by atoms with Crippen LogP contribution in [0.4, 0.5) is 0 Å². The summed E-state index contributed by atoms with van der Waals surface area (Å²) >= 11 is 0. The largest absolute Gasteiger partial charge is 0.494 e. The standard InChI is InChI=1S/C15H23NO2/c17-13-15(9-4-5-10-15)16-11-6-12-18-14-7-2-1-3-8-14/h1-3,7-8,16-17H,4-6,9-13H2. The van der Waals surface area contributed by atoms with E-state index in [9.17, 15) is 5.11 Å². The molecule has 0 aliphatic heterocycles. The predicted octanol–water partition coefficient (Wildman–Crippen LogP) is 2.35. The Morgan fingerprint density at radius 2 is 1.89 bits per heavy atom. The molecule has 0 bridgehead atoms. The van der Waals surface area contributed by atoms with Crippen LogP contribution in [0.15, 0.2) is 30.3 Å². The number of rotatable bonds is 7. The van der Waals surface area contributed by atoms with E-state index in [1.165, 1.54) is 12.8 Å². The molecule has 2 rings (SSSR count). The highest BCUT2D eigenvalue weighted by atomic mass is 16.5. The monoisotopic (exact) mass is 249 g/mol. The Hall–Kier alpha value is -1.06. The second-order valence-electron chi connectivity index (χ2n) is 5.09. The van der Waals surface area contributed by atoms with Gasteiger partial charge in [-0.05, 0) is 37.9 Å². The average Bonchev–Trinajstić information content (AvgIpc) is 2.89. The summed E-state index contributed by atoms with van der Waals surface area (Å²) in [5.41, 5.74) is -0.00720. The molecule has 0 aromatic heterocycles. The molecule has 1 saturated carbocycles. The van der Waals surface area contributed by atoms with Crippen LogP contribution in [0, 0.1) is 0 Å². The topological polar surface area (TPSA) is 41.5 Å². The molecule has 3 nitrogen and oxygen atoms in total. The Morgan fingerprint density at radius 1 is 1.17 bits per heavy atom. The highest BCUT2D eigenvalue weighted by Gasteiger charge is 2.31. The number of para-hydroxylation sites is 1. The smallest absolute Gasteiger partial charge is 0.119 e. The van der Waals surface area contributed by atoms with Crippen LogP contribution in [0.25, 0.3) is 0 Å². The van der Waals surface area contributed by atoms with Crippen LogP contribution in [0.3, 0.4) is 0 Å². The molecule has 0 radical (unpaired) electrons. The predicted molar refractivity (Wildman–Crippen MR) is 72.8 cm³/mol. The minimum atomic E-state index is -0.00720. The van der Waals surface area contributed by atoms with Crippen LogP contribution < -0.4 is 10.1 Å². The number of aliphatic hydroxyl groups is 1. The Kier molecular flexibility index (Phi) is 5.02. The maximum atomic E-state index is 9.46. The van der Waals surface area contributed by atoms with Gasteiger partial charge in [-0.15, -0.1) is 0 Å². The lowest BCUT2D eigenvalue weighted by atomic mass is 9.99. The van der Waals surface area contributed by atoms with Crippen LogP contribution in [0.2, 0.25) is 0 Å². The van der Waals surface area contributed by atoms with E-state index in [1.54, 1.807) is 0 Å². The normalized spacial score (nSPS) is 17.8. The van der Waals surface area contributed by atoms with E-state index in [4.69, 9.17) is 4.74 Å². The van der Waals surface area contributed by atoms with Gasteiger partial charge in [-0.1, -0.05) is 31.0 Å². The quantitative estimate of drug-likeness (QED) is 0.729. The molecule has 18 heavy (non-hydrogen) atoms. The molecule has 0 unspecified atom stereocenters. The van der Waals surface area contributed by atoms with Crippen molar-refractivity contribution in [1.29, 1.82) is 0 Å². The van der Waals surface area contributed by atoms with Crippen molar-refractivity contribution in [3.05, 3.63) is 30.3 Å². The molecule has 0 saturated heterocycles. The first kappa shape index (κ1) is 13.4. The summed E-state index contributed by atoms with van der Waals surface area (Å²) in [6, 6.07) is 9.89. The van der Waals surface area contributed by atoms with Crippen LogP contribution >= 0.6 is 0 Å². The van der Waals surface area contributed by atoms with Gasteiger partial charge in [0, 0.05) is 5.54 Å². The summed E-state index contributed by atoms with van der Waals surface area (Å²) in [7, 11) is 0. The fourth-order valence-corrected chi connectivity index (χ4v) is 2.58. The maximum absolute atomic E-state index is 9.46. The third-order valence-electron chi connectivity index (χ3n) is 3.70. The first-order valence-corrected chi connectivity index (χ1v) is 6.88. The zero-order valence-electron chi connectivity index (χ0n) is 10.9. The highest BCUT2D eigenvalue weighted by molar-refractivity contribution is 5.20. The van der Waals surface area contributed by atoms with Crippen molar-refractivity contribution in [2.24, 2.45) is 0 Å². The first-order valence-electron chi connectivity index (χ1n) is 6.88. The summed E-state index contributed by atoms with van der Waals surface area (Å²) in [4.78, 5) is 0. The SMILES string of the molecule is OCC1(NCCCOc2ccccc2)CCCC1. The zero-order chi connectivity index (χ0) is 12.7. The molecule has 0 amide bonds. The highest BCUT2D eigenvalue weighted by Crippen LogP contribution is 2.28. The molecule has 0 atom stereocenters. The third kappa shape index (κ3) is 3.72. The molecule has 0 spiro atoms. The van der Waals surface area contributed by atoms with Crippen molar-refractivity contribution in [1.82, 2.24) is 5.32 Å². The van der Waals surface area contributed by atoms with Gasteiger partial charge in [-0.25, -0.2) is 0 Å². The van der Waals surface area contributed by atoms with Crippen molar-refractivity contribution < 1.29 is 9.84 Å². The second kappa shape index (κ2) is 6.76. The molecule has 0 heterocycles. The van der Waals surface area contributed by atoms with E-state index in [-0.39, 0.29) is 12.1 Å². The molecule has 3 heteroatoms. The molecule has 2 N–H and O–H groups in total. The van der Waals surface area contributed by atoms with E-state index < -0.39 is 0 Å². The summed E-state index contributed by atoms with van der Waals surface area (Å²) in [6.07, 6.45) is 5.63. The van der Waals surface area contributed by atoms with Crippen LogP contribution in [0.1, 0.15) is 32.1 Å². The molecule has 1 aliphatic rings. The lowest BCUT2D eigenvalue weighted by Crippen LogP contribution is -2.46. The Bertz CT molecular complexity index is 334. The van der Waals surface area contributed by atoms with Gasteiger partial charge in [-0.2, -0.15) is 0 Å². The minimum absolute atomic E-state index is 0.00720. The minimum Gasteiger partial charge on any atom is -0.494 e. The Morgan fingerprint density at radius 3 is 2.56 bits per heavy atom. The number of nitrogens with one attached hydrogen (secondary N) is 1. The van der Waals surface area contributed by atoms with Crippen molar-refractivity contribution in [2.45, 2.75) is 37.6 Å². The van der Waals surface area contributed by atoms with Crippen molar-refractivity contribution >= 4 is 0 Å². The number of hydrogen-bond acceptors (Lipinski definition) is 3. The van der Waals surface area contributed by atoms with Gasteiger partial charge in [-0.3, -0.25) is 0 Å². The van der Waals surface area contributed by atoms with Crippen molar-refractivity contribution in [2.75, 3.05) is 19.8 Å². The van der Waals surface area contributed by atoms with E-state index in [0.29, 0.717) is 0 Å². The second-order valence-corrected chi connectivity index (χ2v) is 5.09. The Labute approximate surface area is 109 Å². The number of benzene rings is 1. The summed E-state index contributed by atoms with van der Waals surface area (Å²) in [5, 5.41) is 13.0. The van der Waals surface area contributed by atoms with Gasteiger partial charge in [0.15, 0.2) is 0 Å². The van der Waals surface area contributed by atoms with E-state index in [2.05, 4.69) is 5.32 Å². The van der Waals surface area contributed by atoms with Gasteiger partial charge in [0.1, 0.15) is 5.75 Å².